The molecule has 0 aromatic rings. The van der Waals surface area contributed by atoms with E-state index in [9.17, 15) is 93.0 Å². The van der Waals surface area contributed by atoms with E-state index in [1.165, 1.54) is 0 Å². The number of ether oxygens (including phenoxy) is 2. The van der Waals surface area contributed by atoms with Crippen LogP contribution in [0.15, 0.2) is 0 Å². The van der Waals surface area contributed by atoms with Crippen molar-refractivity contribution in [2.24, 2.45) is 0 Å². The van der Waals surface area contributed by atoms with Crippen LogP contribution in [0.2, 0.25) is 0 Å². The second kappa shape index (κ2) is 17.6. The number of alkyl halides is 19. The Hall–Kier alpha value is -2.39. The summed E-state index contributed by atoms with van der Waals surface area (Å²) in [6.45, 7) is 1.93. The molecule has 0 fully saturated rings. The smallest absolute Gasteiger partial charge is 0.460 e. The summed E-state index contributed by atoms with van der Waals surface area (Å²) in [5.74, 6) is -70.7. The van der Waals surface area contributed by atoms with Crippen molar-refractivity contribution in [1.29, 1.82) is 0 Å². The zero-order valence-corrected chi connectivity index (χ0v) is 26.8. The summed E-state index contributed by atoms with van der Waals surface area (Å²) in [6, 6.07) is 0. The quantitative estimate of drug-likeness (QED) is 0.0555. The average Bonchev–Trinajstić information content (AvgIpc) is 2.98. The van der Waals surface area contributed by atoms with Gasteiger partial charge in [0.05, 0.1) is 6.42 Å². The SMILES string of the molecule is CCCCCCCC(=O)OCC(CC(F)(F)C(F)(F)C(F)(F)C(F)(F)C(F)(F)C(F)(F)C(F)(F)C(F)(F)C(F)(F)F)OC(=O)CCCCCCC. The molecule has 0 heterocycles. The Balaban J connectivity index is 6.53. The van der Waals surface area contributed by atoms with Gasteiger partial charge in [-0.1, -0.05) is 65.2 Å². The van der Waals surface area contributed by atoms with Crippen molar-refractivity contribution in [3.05, 3.63) is 0 Å². The van der Waals surface area contributed by atoms with Crippen molar-refractivity contribution >= 4 is 11.9 Å². The highest BCUT2D eigenvalue weighted by Crippen LogP contribution is 2.65. The zero-order valence-electron chi connectivity index (χ0n) is 26.8. The largest absolute Gasteiger partial charge is 0.462 e. The van der Waals surface area contributed by atoms with E-state index in [4.69, 9.17) is 0 Å². The number of halogens is 19. The van der Waals surface area contributed by atoms with Crippen LogP contribution in [-0.4, -0.2) is 78.2 Å². The molecule has 0 rings (SSSR count). The number of rotatable bonds is 24. The third kappa shape index (κ3) is 10.4. The van der Waals surface area contributed by atoms with Crippen LogP contribution in [0.4, 0.5) is 83.4 Å². The molecule has 0 aromatic heterocycles. The Morgan fingerprint density at radius 3 is 1.16 bits per heavy atom. The Kier molecular flexibility index (Phi) is 16.8. The van der Waals surface area contributed by atoms with Gasteiger partial charge in [0, 0.05) is 12.8 Å². The van der Waals surface area contributed by atoms with Gasteiger partial charge in [0.25, 0.3) is 0 Å². The van der Waals surface area contributed by atoms with Crippen LogP contribution in [-0.2, 0) is 19.1 Å². The first-order valence-electron chi connectivity index (χ1n) is 15.2. The number of esters is 2. The summed E-state index contributed by atoms with van der Waals surface area (Å²) in [6.07, 6.45) is -10.5. The molecule has 1 atom stereocenters. The minimum Gasteiger partial charge on any atom is -0.462 e. The summed E-state index contributed by atoms with van der Waals surface area (Å²) < 4.78 is 269. The number of unbranched alkanes of at least 4 members (excludes halogenated alkanes) is 8. The minimum atomic E-state index is -9.04. The summed E-state index contributed by atoms with van der Waals surface area (Å²) in [7, 11) is 0. The fourth-order valence-electron chi connectivity index (χ4n) is 4.19. The van der Waals surface area contributed by atoms with E-state index in [-0.39, 0.29) is 12.8 Å². The van der Waals surface area contributed by atoms with Gasteiger partial charge < -0.3 is 9.47 Å². The molecule has 0 radical (unpaired) electrons. The van der Waals surface area contributed by atoms with E-state index in [1.807, 2.05) is 6.92 Å². The van der Waals surface area contributed by atoms with Gasteiger partial charge in [-0.3, -0.25) is 9.59 Å². The van der Waals surface area contributed by atoms with Gasteiger partial charge >= 0.3 is 65.5 Å². The molecular formula is C28H35F19O4. The molecule has 4 nitrogen and oxygen atoms in total. The van der Waals surface area contributed by atoms with Gasteiger partial charge in [-0.2, -0.15) is 83.4 Å². The van der Waals surface area contributed by atoms with E-state index in [2.05, 4.69) is 9.47 Å². The van der Waals surface area contributed by atoms with Gasteiger partial charge in [0.15, 0.2) is 0 Å². The highest BCUT2D eigenvalue weighted by Gasteiger charge is 2.96. The predicted octanol–water partition coefficient (Wildman–Crippen LogP) is 11.2. The van der Waals surface area contributed by atoms with Crippen molar-refractivity contribution in [2.75, 3.05) is 6.61 Å². The molecule has 0 aliphatic heterocycles. The molecule has 0 bridgehead atoms. The molecule has 51 heavy (non-hydrogen) atoms. The molecule has 0 saturated carbocycles. The van der Waals surface area contributed by atoms with Gasteiger partial charge in [0.1, 0.15) is 12.7 Å². The monoisotopic (exact) mass is 796 g/mol. The maximum absolute atomic E-state index is 14.7. The summed E-state index contributed by atoms with van der Waals surface area (Å²) >= 11 is 0. The third-order valence-corrected chi connectivity index (χ3v) is 7.36. The summed E-state index contributed by atoms with van der Waals surface area (Å²) in [5.41, 5.74) is 0. The lowest BCUT2D eigenvalue weighted by Crippen LogP contribution is -2.75. The zero-order chi connectivity index (χ0) is 40.5. The van der Waals surface area contributed by atoms with E-state index in [0.717, 1.165) is 12.8 Å². The number of carbonyl (C=O) groups is 2. The molecule has 0 aliphatic carbocycles. The normalized spacial score (nSPS) is 15.2. The van der Waals surface area contributed by atoms with Crippen LogP contribution < -0.4 is 0 Å². The molecule has 304 valence electrons. The van der Waals surface area contributed by atoms with Crippen LogP contribution in [0.25, 0.3) is 0 Å². The van der Waals surface area contributed by atoms with Crippen LogP contribution in [0.5, 0.6) is 0 Å². The molecule has 0 aromatic carbocycles. The van der Waals surface area contributed by atoms with Crippen molar-refractivity contribution in [3.63, 3.8) is 0 Å². The van der Waals surface area contributed by atoms with Crippen LogP contribution >= 0.6 is 0 Å². The molecule has 0 amide bonds. The first-order valence-corrected chi connectivity index (χ1v) is 15.2. The van der Waals surface area contributed by atoms with Crippen molar-refractivity contribution in [1.82, 2.24) is 0 Å². The third-order valence-electron chi connectivity index (χ3n) is 7.36. The van der Waals surface area contributed by atoms with Crippen molar-refractivity contribution in [2.45, 2.75) is 157 Å². The van der Waals surface area contributed by atoms with Gasteiger partial charge in [0.2, 0.25) is 0 Å². The molecule has 0 aliphatic rings. The van der Waals surface area contributed by atoms with E-state index >= 15 is 0 Å². The molecule has 0 spiro atoms. The number of hydrogen-bond donors (Lipinski definition) is 0. The molecular weight excluding hydrogens is 761 g/mol. The van der Waals surface area contributed by atoms with E-state index < -0.39 is 97.5 Å². The first-order chi connectivity index (χ1) is 22.8. The van der Waals surface area contributed by atoms with Crippen molar-refractivity contribution in [3.8, 4) is 0 Å². The lowest BCUT2D eigenvalue weighted by Gasteiger charge is -2.44. The fraction of sp³-hybridized carbons (Fsp3) is 0.929. The Labute approximate surface area is 278 Å². The van der Waals surface area contributed by atoms with E-state index in [0.29, 0.717) is 38.5 Å². The maximum Gasteiger partial charge on any atom is 0.460 e. The lowest BCUT2D eigenvalue weighted by atomic mass is 9.86. The maximum atomic E-state index is 14.7. The first kappa shape index (κ1) is 48.6. The molecule has 23 heteroatoms. The number of hydrogen-bond acceptors (Lipinski definition) is 4. The van der Waals surface area contributed by atoms with Crippen molar-refractivity contribution < 1.29 is 102 Å². The number of carbonyl (C=O) groups excluding carboxylic acids is 2. The van der Waals surface area contributed by atoms with Crippen LogP contribution in [0.3, 0.4) is 0 Å². The standard InChI is InChI=1S/C28H35F19O4/c1-3-5-7-9-11-13-18(48)50-16-17(51-19(49)14-12-10-8-6-4-2)15-20(29,30)21(31,32)22(33,34)23(35,36)24(37,38)25(39,40)26(41,42)27(43,44)28(45,46)47/h17H,3-16H2,1-2H3. The molecule has 1 unspecified atom stereocenters. The van der Waals surface area contributed by atoms with Gasteiger partial charge in [-0.15, -0.1) is 0 Å². The highest BCUT2D eigenvalue weighted by molar-refractivity contribution is 5.70. The highest BCUT2D eigenvalue weighted by atomic mass is 19.4. The Bertz CT molecular complexity index is 1110. The topological polar surface area (TPSA) is 52.6 Å². The van der Waals surface area contributed by atoms with Gasteiger partial charge in [-0.25, -0.2) is 0 Å². The summed E-state index contributed by atoms with van der Waals surface area (Å²) in [5, 5.41) is 0. The second-order valence-electron chi connectivity index (χ2n) is 11.6. The van der Waals surface area contributed by atoms with Crippen LogP contribution in [0.1, 0.15) is 97.3 Å². The predicted molar refractivity (Wildman–Crippen MR) is 138 cm³/mol. The van der Waals surface area contributed by atoms with E-state index in [1.54, 1.807) is 6.92 Å². The second-order valence-corrected chi connectivity index (χ2v) is 11.6. The molecule has 0 N–H and O–H groups in total. The summed E-state index contributed by atoms with van der Waals surface area (Å²) in [4.78, 5) is 24.1. The Morgan fingerprint density at radius 1 is 0.451 bits per heavy atom. The average molecular weight is 797 g/mol. The minimum absolute atomic E-state index is 0.0543. The fourth-order valence-corrected chi connectivity index (χ4v) is 4.19. The van der Waals surface area contributed by atoms with Gasteiger partial charge in [-0.05, 0) is 12.8 Å². The Morgan fingerprint density at radius 2 is 0.784 bits per heavy atom. The molecule has 0 saturated heterocycles. The lowest BCUT2D eigenvalue weighted by molar-refractivity contribution is -0.469. The van der Waals surface area contributed by atoms with Crippen LogP contribution in [0, 0.1) is 0 Å².